The molecule has 0 bridgehead atoms. The number of rotatable bonds is 2. The molecule has 0 spiro atoms. The molecule has 2 nitrogen and oxygen atoms in total. The number of hydrogen-bond acceptors (Lipinski definition) is 2. The van der Waals surface area contributed by atoms with Gasteiger partial charge < -0.3 is 5.32 Å². The molecule has 0 saturated carbocycles. The second kappa shape index (κ2) is 4.85. The van der Waals surface area contributed by atoms with Gasteiger partial charge in [-0.3, -0.25) is 4.79 Å². The number of carbonyl (C=O) groups excluding carboxylic acids is 1. The Balaban J connectivity index is 1.71. The molecule has 1 N–H and O–H groups in total. The lowest BCUT2D eigenvalue weighted by molar-refractivity contribution is 0.0913. The number of carbonyl (C=O) groups is 1. The van der Waals surface area contributed by atoms with Gasteiger partial charge in [0.2, 0.25) is 0 Å². The summed E-state index contributed by atoms with van der Waals surface area (Å²) < 4.78 is 0. The Labute approximate surface area is 109 Å². The molecule has 1 atom stereocenters. The van der Waals surface area contributed by atoms with Gasteiger partial charge in [0.1, 0.15) is 0 Å². The molecule has 1 saturated heterocycles. The Hall–Kier alpha value is -1.15. The second-order valence-electron chi connectivity index (χ2n) is 5.85. The third-order valence-electron chi connectivity index (χ3n) is 4.44. The first-order chi connectivity index (χ1) is 8.74. The molecule has 3 rings (SSSR count). The largest absolute Gasteiger partial charge is 0.317 e. The molecule has 1 unspecified atom stereocenters. The quantitative estimate of drug-likeness (QED) is 0.865. The molecule has 1 aromatic rings. The van der Waals surface area contributed by atoms with Gasteiger partial charge in [-0.25, -0.2) is 0 Å². The fourth-order valence-electron chi connectivity index (χ4n) is 3.39. The van der Waals surface area contributed by atoms with Gasteiger partial charge in [-0.2, -0.15) is 0 Å². The van der Waals surface area contributed by atoms with Crippen LogP contribution < -0.4 is 5.32 Å². The van der Waals surface area contributed by atoms with Gasteiger partial charge in [-0.05, 0) is 63.2 Å². The SMILES string of the molecule is Cc1ccc2c(c1)C(=O)C(CC1CCNCC1)C2. The van der Waals surface area contributed by atoms with Crippen LogP contribution in [0.5, 0.6) is 0 Å². The van der Waals surface area contributed by atoms with Gasteiger partial charge in [-0.15, -0.1) is 0 Å². The van der Waals surface area contributed by atoms with Gasteiger partial charge in [0.05, 0.1) is 0 Å². The highest BCUT2D eigenvalue weighted by molar-refractivity contribution is 6.02. The van der Waals surface area contributed by atoms with Crippen LogP contribution >= 0.6 is 0 Å². The van der Waals surface area contributed by atoms with E-state index in [1.165, 1.54) is 24.0 Å². The highest BCUT2D eigenvalue weighted by Crippen LogP contribution is 2.33. The standard InChI is InChI=1S/C16H21NO/c1-11-2-3-13-10-14(16(18)15(13)8-11)9-12-4-6-17-7-5-12/h2-3,8,12,14,17H,4-7,9-10H2,1H3. The number of fused-ring (bicyclic) bond motifs is 1. The van der Waals surface area contributed by atoms with Crippen LogP contribution in [0.1, 0.15) is 40.7 Å². The Morgan fingerprint density at radius 2 is 2.06 bits per heavy atom. The summed E-state index contributed by atoms with van der Waals surface area (Å²) in [7, 11) is 0. The highest BCUT2D eigenvalue weighted by Gasteiger charge is 2.32. The molecule has 2 heteroatoms. The molecule has 0 amide bonds. The van der Waals surface area contributed by atoms with E-state index in [-0.39, 0.29) is 5.92 Å². The summed E-state index contributed by atoms with van der Waals surface area (Å²) in [5, 5.41) is 3.39. The van der Waals surface area contributed by atoms with E-state index in [2.05, 4.69) is 30.4 Å². The zero-order valence-electron chi connectivity index (χ0n) is 11.0. The fraction of sp³-hybridized carbons (Fsp3) is 0.562. The lowest BCUT2D eigenvalue weighted by Crippen LogP contribution is -2.29. The number of ketones is 1. The van der Waals surface area contributed by atoms with Crippen molar-refractivity contribution in [3.63, 3.8) is 0 Å². The van der Waals surface area contributed by atoms with Crippen LogP contribution in [0.3, 0.4) is 0 Å². The minimum Gasteiger partial charge on any atom is -0.317 e. The lowest BCUT2D eigenvalue weighted by atomic mass is 9.86. The first kappa shape index (κ1) is 11.9. The normalized spacial score (nSPS) is 24.3. The second-order valence-corrected chi connectivity index (χ2v) is 5.85. The molecular weight excluding hydrogens is 222 g/mol. The van der Waals surface area contributed by atoms with E-state index in [1.54, 1.807) is 0 Å². The molecule has 0 radical (unpaired) electrons. The van der Waals surface area contributed by atoms with Crippen molar-refractivity contribution in [1.29, 1.82) is 0 Å². The zero-order chi connectivity index (χ0) is 12.5. The summed E-state index contributed by atoms with van der Waals surface area (Å²) in [4.78, 5) is 12.4. The molecule has 2 aliphatic rings. The third kappa shape index (κ3) is 2.22. The summed E-state index contributed by atoms with van der Waals surface area (Å²) in [5.74, 6) is 1.40. The average molecular weight is 243 g/mol. The monoisotopic (exact) mass is 243 g/mol. The summed E-state index contributed by atoms with van der Waals surface area (Å²) >= 11 is 0. The van der Waals surface area contributed by atoms with Crippen molar-refractivity contribution in [1.82, 2.24) is 5.32 Å². The molecule has 1 aliphatic heterocycles. The van der Waals surface area contributed by atoms with Crippen LogP contribution in [0, 0.1) is 18.8 Å². The van der Waals surface area contributed by atoms with Gasteiger partial charge in [0, 0.05) is 11.5 Å². The number of benzene rings is 1. The first-order valence-electron chi connectivity index (χ1n) is 7.08. The average Bonchev–Trinajstić information content (AvgIpc) is 2.68. The Morgan fingerprint density at radius 3 is 2.83 bits per heavy atom. The number of nitrogens with one attached hydrogen (secondary N) is 1. The number of Topliss-reactive ketones (excluding diaryl/α,β-unsaturated/α-hetero) is 1. The van der Waals surface area contributed by atoms with Crippen molar-refractivity contribution in [3.8, 4) is 0 Å². The van der Waals surface area contributed by atoms with Gasteiger partial charge in [-0.1, -0.05) is 17.7 Å². The van der Waals surface area contributed by atoms with Crippen molar-refractivity contribution in [2.75, 3.05) is 13.1 Å². The maximum Gasteiger partial charge on any atom is 0.166 e. The van der Waals surface area contributed by atoms with Gasteiger partial charge in [0.25, 0.3) is 0 Å². The molecule has 96 valence electrons. The maximum atomic E-state index is 12.4. The minimum absolute atomic E-state index is 0.255. The van der Waals surface area contributed by atoms with E-state index < -0.39 is 0 Å². The van der Waals surface area contributed by atoms with Crippen LogP contribution in [0.4, 0.5) is 0 Å². The van der Waals surface area contributed by atoms with Crippen molar-refractivity contribution < 1.29 is 4.79 Å². The highest BCUT2D eigenvalue weighted by atomic mass is 16.1. The van der Waals surface area contributed by atoms with Crippen LogP contribution in [-0.4, -0.2) is 18.9 Å². The molecule has 1 fully saturated rings. The van der Waals surface area contributed by atoms with Gasteiger partial charge in [0.15, 0.2) is 5.78 Å². The Morgan fingerprint density at radius 1 is 1.28 bits per heavy atom. The zero-order valence-corrected chi connectivity index (χ0v) is 11.0. The molecule has 18 heavy (non-hydrogen) atoms. The van der Waals surface area contributed by atoms with Crippen molar-refractivity contribution >= 4 is 5.78 Å². The first-order valence-corrected chi connectivity index (χ1v) is 7.08. The van der Waals surface area contributed by atoms with E-state index >= 15 is 0 Å². The minimum atomic E-state index is 0.255. The van der Waals surface area contributed by atoms with E-state index in [0.29, 0.717) is 5.78 Å². The lowest BCUT2D eigenvalue weighted by Gasteiger charge is -2.24. The molecule has 1 aliphatic carbocycles. The van der Waals surface area contributed by atoms with Crippen LogP contribution in [0.25, 0.3) is 0 Å². The predicted octanol–water partition coefficient (Wildman–Crippen LogP) is 2.74. The van der Waals surface area contributed by atoms with E-state index in [0.717, 1.165) is 37.4 Å². The van der Waals surface area contributed by atoms with Crippen LogP contribution in [0.15, 0.2) is 18.2 Å². The van der Waals surface area contributed by atoms with Crippen LogP contribution in [0.2, 0.25) is 0 Å². The smallest absolute Gasteiger partial charge is 0.166 e. The number of piperidine rings is 1. The van der Waals surface area contributed by atoms with Crippen molar-refractivity contribution in [3.05, 3.63) is 34.9 Å². The summed E-state index contributed by atoms with van der Waals surface area (Å²) in [6.45, 7) is 4.31. The number of hydrogen-bond donors (Lipinski definition) is 1. The maximum absolute atomic E-state index is 12.4. The fourth-order valence-corrected chi connectivity index (χ4v) is 3.39. The topological polar surface area (TPSA) is 29.1 Å². The van der Waals surface area contributed by atoms with E-state index in [9.17, 15) is 4.79 Å². The van der Waals surface area contributed by atoms with Crippen molar-refractivity contribution in [2.24, 2.45) is 11.8 Å². The summed E-state index contributed by atoms with van der Waals surface area (Å²) in [6, 6.07) is 6.34. The third-order valence-corrected chi connectivity index (χ3v) is 4.44. The van der Waals surface area contributed by atoms with E-state index in [4.69, 9.17) is 0 Å². The number of aryl methyl sites for hydroxylation is 1. The van der Waals surface area contributed by atoms with E-state index in [1.807, 2.05) is 0 Å². The van der Waals surface area contributed by atoms with Crippen LogP contribution in [-0.2, 0) is 6.42 Å². The molecule has 1 heterocycles. The Kier molecular flexibility index (Phi) is 3.21. The summed E-state index contributed by atoms with van der Waals surface area (Å²) in [6.07, 6.45) is 4.53. The van der Waals surface area contributed by atoms with Crippen molar-refractivity contribution in [2.45, 2.75) is 32.6 Å². The summed E-state index contributed by atoms with van der Waals surface area (Å²) in [5.41, 5.74) is 3.46. The Bertz CT molecular complexity index is 460. The van der Waals surface area contributed by atoms with Gasteiger partial charge >= 0.3 is 0 Å². The molecule has 1 aromatic carbocycles. The predicted molar refractivity (Wildman–Crippen MR) is 72.9 cm³/mol. The molecular formula is C16H21NO. The molecule has 0 aromatic heterocycles.